The van der Waals surface area contributed by atoms with Gasteiger partial charge in [0.05, 0.1) is 6.61 Å². The third-order valence-corrected chi connectivity index (χ3v) is 2.91. The van der Waals surface area contributed by atoms with Crippen LogP contribution in [0.25, 0.3) is 0 Å². The molecule has 6 nitrogen and oxygen atoms in total. The molecule has 2 aromatic rings. The molecule has 0 aliphatic carbocycles. The summed E-state index contributed by atoms with van der Waals surface area (Å²) >= 11 is 5.80. The summed E-state index contributed by atoms with van der Waals surface area (Å²) < 4.78 is 15.7. The zero-order valence-corrected chi connectivity index (χ0v) is 13.8. The van der Waals surface area contributed by atoms with Crippen LogP contribution in [0, 0.1) is 12.8 Å². The van der Waals surface area contributed by atoms with Crippen LogP contribution in [0.3, 0.4) is 0 Å². The fourth-order valence-corrected chi connectivity index (χ4v) is 1.75. The lowest BCUT2D eigenvalue weighted by Gasteiger charge is -2.12. The Morgan fingerprint density at radius 3 is 2.65 bits per heavy atom. The van der Waals surface area contributed by atoms with Crippen molar-refractivity contribution in [3.8, 4) is 17.4 Å². The number of carbonyl (C=O) groups is 1. The first kappa shape index (κ1) is 17.0. The predicted octanol–water partition coefficient (Wildman–Crippen LogP) is 4.40. The van der Waals surface area contributed by atoms with E-state index in [1.807, 2.05) is 39.0 Å². The van der Waals surface area contributed by atoms with Crippen LogP contribution in [-0.4, -0.2) is 23.0 Å². The van der Waals surface area contributed by atoms with Crippen LogP contribution in [0.1, 0.15) is 19.4 Å². The lowest BCUT2D eigenvalue weighted by molar-refractivity contribution is 0.0874. The summed E-state index contributed by atoms with van der Waals surface area (Å²) in [6.45, 7) is 5.98. The van der Waals surface area contributed by atoms with Gasteiger partial charge in [-0.2, -0.15) is 0 Å². The molecule has 122 valence electrons. The first-order valence-electron chi connectivity index (χ1n) is 7.07. The molecule has 0 fully saturated rings. The normalized spacial score (nSPS) is 10.5. The number of hydrogen-bond donors (Lipinski definition) is 0. The molecule has 0 saturated carbocycles. The number of hydrogen-bond acceptors (Lipinski definition) is 6. The summed E-state index contributed by atoms with van der Waals surface area (Å²) in [7, 11) is 0. The Morgan fingerprint density at radius 1 is 1.22 bits per heavy atom. The summed E-state index contributed by atoms with van der Waals surface area (Å²) in [5.41, 5.74) is 0.901. The monoisotopic (exact) mass is 336 g/mol. The lowest BCUT2D eigenvalue weighted by atomic mass is 10.2. The molecule has 0 saturated heterocycles. The molecule has 1 aromatic heterocycles. The smallest absolute Gasteiger partial charge is 0.435 e. The van der Waals surface area contributed by atoms with Crippen LogP contribution in [0.4, 0.5) is 4.79 Å². The molecule has 7 heteroatoms. The minimum absolute atomic E-state index is 0.0326. The summed E-state index contributed by atoms with van der Waals surface area (Å²) in [4.78, 5) is 11.7. The van der Waals surface area contributed by atoms with Gasteiger partial charge in [0.25, 0.3) is 5.88 Å². The topological polar surface area (TPSA) is 70.5 Å². The fourth-order valence-electron chi connectivity index (χ4n) is 1.61. The highest BCUT2D eigenvalue weighted by atomic mass is 35.5. The third kappa shape index (κ3) is 5.10. The van der Waals surface area contributed by atoms with Crippen molar-refractivity contribution in [3.63, 3.8) is 0 Å². The van der Waals surface area contributed by atoms with E-state index in [0.29, 0.717) is 5.75 Å². The molecule has 23 heavy (non-hydrogen) atoms. The van der Waals surface area contributed by atoms with E-state index >= 15 is 0 Å². The van der Waals surface area contributed by atoms with Gasteiger partial charge in [-0.05, 0) is 24.5 Å². The van der Waals surface area contributed by atoms with Crippen molar-refractivity contribution in [1.29, 1.82) is 0 Å². The van der Waals surface area contributed by atoms with Crippen LogP contribution in [0.5, 0.6) is 17.4 Å². The van der Waals surface area contributed by atoms with Gasteiger partial charge in [-0.1, -0.05) is 43.6 Å². The Hall–Kier alpha value is -2.34. The average Bonchev–Trinajstić information content (AvgIpc) is 2.50. The van der Waals surface area contributed by atoms with E-state index in [1.54, 1.807) is 6.07 Å². The van der Waals surface area contributed by atoms with E-state index in [9.17, 15) is 4.79 Å². The van der Waals surface area contributed by atoms with E-state index in [-0.39, 0.29) is 29.3 Å². The van der Waals surface area contributed by atoms with Gasteiger partial charge in [0, 0.05) is 6.07 Å². The van der Waals surface area contributed by atoms with Gasteiger partial charge in [0.2, 0.25) is 5.75 Å². The maximum Gasteiger partial charge on any atom is 0.514 e. The molecule has 0 bridgehead atoms. The molecule has 0 aliphatic heterocycles. The number of rotatable bonds is 5. The molecule has 0 N–H and O–H groups in total. The SMILES string of the molecule is Cc1ccccc1Oc1nnc(Cl)cc1OC(=O)OCC(C)C. The van der Waals surface area contributed by atoms with Gasteiger partial charge in [0.1, 0.15) is 5.75 Å². The van der Waals surface area contributed by atoms with E-state index in [1.165, 1.54) is 6.07 Å². The van der Waals surface area contributed by atoms with Crippen molar-refractivity contribution in [2.45, 2.75) is 20.8 Å². The maximum absolute atomic E-state index is 11.7. The maximum atomic E-state index is 11.7. The number of halogens is 1. The standard InChI is InChI=1S/C16H17ClN2O4/c1-10(2)9-21-16(20)23-13-8-14(17)18-19-15(13)22-12-7-5-4-6-11(12)3/h4-8,10H,9H2,1-3H3. The number of aryl methyl sites for hydroxylation is 1. The third-order valence-electron chi connectivity index (χ3n) is 2.73. The van der Waals surface area contributed by atoms with Crippen LogP contribution < -0.4 is 9.47 Å². The molecular weight excluding hydrogens is 320 g/mol. The van der Waals surface area contributed by atoms with Gasteiger partial charge in [-0.25, -0.2) is 4.79 Å². The van der Waals surface area contributed by atoms with E-state index < -0.39 is 6.16 Å². The largest absolute Gasteiger partial charge is 0.514 e. The zero-order chi connectivity index (χ0) is 16.8. The van der Waals surface area contributed by atoms with E-state index in [4.69, 9.17) is 25.8 Å². The minimum Gasteiger partial charge on any atom is -0.435 e. The van der Waals surface area contributed by atoms with Crippen LogP contribution in [-0.2, 0) is 4.74 Å². The number of benzene rings is 1. The quantitative estimate of drug-likeness (QED) is 0.753. The van der Waals surface area contributed by atoms with Crippen LogP contribution in [0.2, 0.25) is 5.15 Å². The van der Waals surface area contributed by atoms with Gasteiger partial charge < -0.3 is 14.2 Å². The average molecular weight is 337 g/mol. The Kier molecular flexibility index (Phi) is 5.76. The van der Waals surface area contributed by atoms with Crippen LogP contribution >= 0.6 is 11.6 Å². The highest BCUT2D eigenvalue weighted by molar-refractivity contribution is 6.29. The molecule has 0 amide bonds. The lowest BCUT2D eigenvalue weighted by Crippen LogP contribution is -2.15. The second-order valence-electron chi connectivity index (χ2n) is 5.26. The van der Waals surface area contributed by atoms with Crippen molar-refractivity contribution in [1.82, 2.24) is 10.2 Å². The molecule has 0 unspecified atom stereocenters. The van der Waals surface area contributed by atoms with Crippen molar-refractivity contribution in [2.75, 3.05) is 6.61 Å². The summed E-state index contributed by atoms with van der Waals surface area (Å²) in [5, 5.41) is 7.61. The van der Waals surface area contributed by atoms with Gasteiger partial charge in [-0.3, -0.25) is 0 Å². The van der Waals surface area contributed by atoms with Gasteiger partial charge in [-0.15, -0.1) is 10.2 Å². The molecule has 1 heterocycles. The number of carbonyl (C=O) groups excluding carboxylic acids is 1. The second-order valence-corrected chi connectivity index (χ2v) is 5.65. The van der Waals surface area contributed by atoms with Crippen molar-refractivity contribution in [2.24, 2.45) is 5.92 Å². The summed E-state index contributed by atoms with van der Waals surface area (Å²) in [5.74, 6) is 0.848. The zero-order valence-electron chi connectivity index (χ0n) is 13.1. The Balaban J connectivity index is 2.17. The Morgan fingerprint density at radius 2 is 1.96 bits per heavy atom. The molecule has 0 spiro atoms. The number of para-hydroxylation sites is 1. The number of aromatic nitrogens is 2. The second kappa shape index (κ2) is 7.78. The molecule has 2 rings (SSSR count). The molecule has 1 aromatic carbocycles. The van der Waals surface area contributed by atoms with Crippen molar-refractivity contribution in [3.05, 3.63) is 41.0 Å². The molecular formula is C16H17ClN2O4. The van der Waals surface area contributed by atoms with Crippen molar-refractivity contribution >= 4 is 17.8 Å². The Labute approximate surface area is 139 Å². The van der Waals surface area contributed by atoms with Crippen molar-refractivity contribution < 1.29 is 19.0 Å². The van der Waals surface area contributed by atoms with Crippen LogP contribution in [0.15, 0.2) is 30.3 Å². The van der Waals surface area contributed by atoms with Gasteiger partial charge in [0.15, 0.2) is 5.15 Å². The molecule has 0 atom stereocenters. The minimum atomic E-state index is -0.850. The van der Waals surface area contributed by atoms with E-state index in [2.05, 4.69) is 10.2 Å². The summed E-state index contributed by atoms with van der Waals surface area (Å²) in [6.07, 6.45) is -0.850. The first-order chi connectivity index (χ1) is 11.0. The predicted molar refractivity (Wildman–Crippen MR) is 85.1 cm³/mol. The highest BCUT2D eigenvalue weighted by Crippen LogP contribution is 2.32. The highest BCUT2D eigenvalue weighted by Gasteiger charge is 2.16. The van der Waals surface area contributed by atoms with Gasteiger partial charge >= 0.3 is 6.16 Å². The molecule has 0 aliphatic rings. The van der Waals surface area contributed by atoms with E-state index in [0.717, 1.165) is 5.56 Å². The fraction of sp³-hybridized carbons (Fsp3) is 0.312. The Bertz CT molecular complexity index is 692. The first-order valence-corrected chi connectivity index (χ1v) is 7.45. The number of ether oxygens (including phenoxy) is 3. The summed E-state index contributed by atoms with van der Waals surface area (Å²) in [6, 6.07) is 8.71. The number of nitrogens with zero attached hydrogens (tertiary/aromatic N) is 2. The molecule has 0 radical (unpaired) electrons.